The first-order valence-electron chi connectivity index (χ1n) is 8.12. The summed E-state index contributed by atoms with van der Waals surface area (Å²) in [5, 5.41) is 0. The minimum atomic E-state index is -3.86. The van der Waals surface area contributed by atoms with Gasteiger partial charge in [0.15, 0.2) is 6.04 Å². The lowest BCUT2D eigenvalue weighted by Crippen LogP contribution is -2.37. The van der Waals surface area contributed by atoms with E-state index in [1.807, 2.05) is 38.1 Å². The van der Waals surface area contributed by atoms with Crippen molar-refractivity contribution in [3.63, 3.8) is 0 Å². The fraction of sp³-hybridized carbons (Fsp3) is 0.263. The highest BCUT2D eigenvalue weighted by Gasteiger charge is 2.43. The average Bonchev–Trinajstić information content (AvgIpc) is 3.08. The summed E-state index contributed by atoms with van der Waals surface area (Å²) in [6.45, 7) is 3.82. The number of nitrogens with zero attached hydrogens (tertiary/aromatic N) is 2. The van der Waals surface area contributed by atoms with Gasteiger partial charge in [-0.2, -0.15) is 0 Å². The molecule has 0 radical (unpaired) electrons. The van der Waals surface area contributed by atoms with Gasteiger partial charge in [0.05, 0.1) is 12.0 Å². The van der Waals surface area contributed by atoms with E-state index in [-0.39, 0.29) is 4.90 Å². The van der Waals surface area contributed by atoms with Gasteiger partial charge in [0.1, 0.15) is 12.4 Å². The van der Waals surface area contributed by atoms with E-state index in [9.17, 15) is 13.2 Å². The largest absolute Gasteiger partial charge is 0.467 e. The molecular weight excluding hydrogens is 352 g/mol. The van der Waals surface area contributed by atoms with Gasteiger partial charge in [-0.05, 0) is 31.5 Å². The molecule has 136 valence electrons. The number of hydrogen-bond donors (Lipinski definition) is 0. The first-order chi connectivity index (χ1) is 12.3. The highest BCUT2D eigenvalue weighted by Crippen LogP contribution is 2.35. The van der Waals surface area contributed by atoms with Gasteiger partial charge in [0, 0.05) is 0 Å². The molecule has 0 saturated heterocycles. The molecule has 0 fully saturated rings. The van der Waals surface area contributed by atoms with E-state index in [1.54, 1.807) is 24.3 Å². The van der Waals surface area contributed by atoms with Gasteiger partial charge in [-0.15, -0.1) is 0 Å². The Morgan fingerprint density at radius 2 is 1.54 bits per heavy atom. The van der Waals surface area contributed by atoms with Gasteiger partial charge in [-0.1, -0.05) is 47.5 Å². The van der Waals surface area contributed by atoms with E-state index in [0.717, 1.165) is 15.4 Å². The normalized spacial score (nSPS) is 19.6. The van der Waals surface area contributed by atoms with Crippen molar-refractivity contribution in [3.8, 4) is 0 Å². The Balaban J connectivity index is 2.06. The first-order valence-corrected chi connectivity index (χ1v) is 9.56. The summed E-state index contributed by atoms with van der Waals surface area (Å²) in [4.78, 5) is 16.4. The van der Waals surface area contributed by atoms with Crippen LogP contribution in [0.5, 0.6) is 0 Å². The second-order valence-electron chi connectivity index (χ2n) is 6.24. The number of carbonyl (C=O) groups is 1. The van der Waals surface area contributed by atoms with Crippen LogP contribution >= 0.6 is 0 Å². The SMILES string of the molecule is COC(=O)[C@@H]1N=CN(S(=O)(=O)c2ccc(C)cc2)[C@H]1c1ccc(C)cc1. The zero-order valence-corrected chi connectivity index (χ0v) is 15.6. The smallest absolute Gasteiger partial charge is 0.333 e. The summed E-state index contributed by atoms with van der Waals surface area (Å²) in [5.41, 5.74) is 2.68. The molecule has 2 aromatic rings. The second kappa shape index (κ2) is 6.92. The molecule has 3 rings (SSSR count). The number of benzene rings is 2. The van der Waals surface area contributed by atoms with Crippen LogP contribution in [0.3, 0.4) is 0 Å². The Kier molecular flexibility index (Phi) is 4.82. The number of aliphatic imine (C=N–C) groups is 1. The fourth-order valence-corrected chi connectivity index (χ4v) is 4.31. The van der Waals surface area contributed by atoms with Crippen molar-refractivity contribution in [2.45, 2.75) is 30.8 Å². The Bertz CT molecular complexity index is 935. The van der Waals surface area contributed by atoms with Crippen LogP contribution in [-0.2, 0) is 19.6 Å². The molecule has 6 nitrogen and oxygen atoms in total. The third-order valence-corrected chi connectivity index (χ3v) is 6.12. The monoisotopic (exact) mass is 372 g/mol. The Labute approximate surface area is 153 Å². The molecule has 0 N–H and O–H groups in total. The van der Waals surface area contributed by atoms with Crippen molar-refractivity contribution < 1.29 is 17.9 Å². The van der Waals surface area contributed by atoms with E-state index in [2.05, 4.69) is 4.99 Å². The molecule has 1 aliphatic rings. The average molecular weight is 372 g/mol. The number of ether oxygens (including phenoxy) is 1. The topological polar surface area (TPSA) is 76.0 Å². The van der Waals surface area contributed by atoms with Crippen molar-refractivity contribution in [1.82, 2.24) is 4.31 Å². The third-order valence-electron chi connectivity index (χ3n) is 4.37. The summed E-state index contributed by atoms with van der Waals surface area (Å²) in [6.07, 6.45) is 1.21. The zero-order valence-electron chi connectivity index (χ0n) is 14.8. The fourth-order valence-electron chi connectivity index (χ4n) is 2.88. The lowest BCUT2D eigenvalue weighted by Gasteiger charge is -2.27. The summed E-state index contributed by atoms with van der Waals surface area (Å²) >= 11 is 0. The first kappa shape index (κ1) is 18.1. The van der Waals surface area contributed by atoms with E-state index in [1.165, 1.54) is 13.4 Å². The predicted molar refractivity (Wildman–Crippen MR) is 98.4 cm³/mol. The maximum Gasteiger partial charge on any atom is 0.333 e. The molecule has 1 aliphatic heterocycles. The lowest BCUT2D eigenvalue weighted by atomic mass is 10.00. The van der Waals surface area contributed by atoms with Gasteiger partial charge in [0.25, 0.3) is 10.0 Å². The number of carbonyl (C=O) groups excluding carboxylic acids is 1. The number of sulfonamides is 1. The number of aryl methyl sites for hydroxylation is 2. The zero-order chi connectivity index (χ0) is 18.9. The summed E-state index contributed by atoms with van der Waals surface area (Å²) in [6, 6.07) is 12.2. The Hall–Kier alpha value is -2.67. The van der Waals surface area contributed by atoms with E-state index in [0.29, 0.717) is 5.56 Å². The van der Waals surface area contributed by atoms with Crippen LogP contribution in [0.25, 0.3) is 0 Å². The van der Waals surface area contributed by atoms with Crippen LogP contribution < -0.4 is 0 Å². The minimum Gasteiger partial charge on any atom is -0.467 e. The number of hydrogen-bond acceptors (Lipinski definition) is 5. The maximum absolute atomic E-state index is 13.1. The molecule has 0 saturated carbocycles. The van der Waals surface area contributed by atoms with Crippen molar-refractivity contribution in [3.05, 3.63) is 65.2 Å². The van der Waals surface area contributed by atoms with Crippen LogP contribution in [-0.4, -0.2) is 38.2 Å². The molecule has 0 aliphatic carbocycles. The highest BCUT2D eigenvalue weighted by atomic mass is 32.2. The molecule has 2 atom stereocenters. The maximum atomic E-state index is 13.1. The summed E-state index contributed by atoms with van der Waals surface area (Å²) < 4.78 is 32.2. The van der Waals surface area contributed by atoms with Gasteiger partial charge >= 0.3 is 5.97 Å². The van der Waals surface area contributed by atoms with Gasteiger partial charge < -0.3 is 4.74 Å². The van der Waals surface area contributed by atoms with Crippen molar-refractivity contribution >= 4 is 22.3 Å². The van der Waals surface area contributed by atoms with Crippen LogP contribution in [0.1, 0.15) is 22.7 Å². The molecule has 1 heterocycles. The molecule has 0 spiro atoms. The van der Waals surface area contributed by atoms with Crippen molar-refractivity contribution in [2.24, 2.45) is 4.99 Å². The third kappa shape index (κ3) is 3.22. The van der Waals surface area contributed by atoms with E-state index < -0.39 is 28.1 Å². The Morgan fingerprint density at radius 1 is 1.00 bits per heavy atom. The minimum absolute atomic E-state index is 0.150. The number of methoxy groups -OCH3 is 1. The van der Waals surface area contributed by atoms with Crippen LogP contribution in [0.4, 0.5) is 0 Å². The molecule has 0 aromatic heterocycles. The summed E-state index contributed by atoms with van der Waals surface area (Å²) in [7, 11) is -2.60. The number of esters is 1. The van der Waals surface area contributed by atoms with Crippen LogP contribution in [0.15, 0.2) is 58.4 Å². The van der Waals surface area contributed by atoms with Crippen LogP contribution in [0.2, 0.25) is 0 Å². The quantitative estimate of drug-likeness (QED) is 0.773. The number of rotatable bonds is 4. The summed E-state index contributed by atoms with van der Waals surface area (Å²) in [5.74, 6) is -0.576. The molecule has 7 heteroatoms. The van der Waals surface area contributed by atoms with E-state index in [4.69, 9.17) is 4.74 Å². The van der Waals surface area contributed by atoms with E-state index >= 15 is 0 Å². The second-order valence-corrected chi connectivity index (χ2v) is 8.08. The molecule has 0 unspecified atom stereocenters. The van der Waals surface area contributed by atoms with Crippen LogP contribution in [0, 0.1) is 13.8 Å². The van der Waals surface area contributed by atoms with Crippen molar-refractivity contribution in [1.29, 1.82) is 0 Å². The molecule has 0 bridgehead atoms. The lowest BCUT2D eigenvalue weighted by molar-refractivity contribution is -0.142. The molecular formula is C19H20N2O4S. The standard InChI is InChI=1S/C19H20N2O4S/c1-13-4-8-15(9-5-13)18-17(19(22)25-3)20-12-21(18)26(23,24)16-10-6-14(2)7-11-16/h4-12,17-18H,1-3H3/t17-,18+/m1/s1. The molecule has 2 aromatic carbocycles. The van der Waals surface area contributed by atoms with Crippen molar-refractivity contribution in [2.75, 3.05) is 7.11 Å². The van der Waals surface area contributed by atoms with Gasteiger partial charge in [0.2, 0.25) is 0 Å². The van der Waals surface area contributed by atoms with Gasteiger partial charge in [-0.3, -0.25) is 4.99 Å². The molecule has 0 amide bonds. The molecule has 26 heavy (non-hydrogen) atoms. The predicted octanol–water partition coefficient (Wildman–Crippen LogP) is 2.62. The Morgan fingerprint density at radius 3 is 2.08 bits per heavy atom. The highest BCUT2D eigenvalue weighted by molar-refractivity contribution is 7.89. The van der Waals surface area contributed by atoms with Gasteiger partial charge in [-0.25, -0.2) is 17.5 Å².